The molecule has 1 N–H and O–H groups in total. The molecule has 1 fully saturated rings. The van der Waals surface area contributed by atoms with Crippen molar-refractivity contribution in [3.63, 3.8) is 0 Å². The summed E-state index contributed by atoms with van der Waals surface area (Å²) in [5.41, 5.74) is 0.900. The molecule has 2 heterocycles. The van der Waals surface area contributed by atoms with Crippen molar-refractivity contribution in [3.05, 3.63) is 18.1 Å². The number of hydrogen-bond donors (Lipinski definition) is 1. The molecular formula is C13H20N4O4. The number of nitrogens with zero attached hydrogens (tertiary/aromatic N) is 4. The van der Waals surface area contributed by atoms with Gasteiger partial charge in [-0.1, -0.05) is 0 Å². The molecule has 8 heteroatoms. The third-order valence-electron chi connectivity index (χ3n) is 3.30. The van der Waals surface area contributed by atoms with Gasteiger partial charge in [-0.3, -0.25) is 0 Å². The first kappa shape index (κ1) is 15.5. The number of hydrogen-bond acceptors (Lipinski definition) is 6. The van der Waals surface area contributed by atoms with Crippen LogP contribution in [-0.2, 0) is 16.1 Å². The third-order valence-corrected chi connectivity index (χ3v) is 3.30. The zero-order valence-corrected chi connectivity index (χ0v) is 12.1. The highest BCUT2D eigenvalue weighted by atomic mass is 16.5. The molecule has 1 aromatic heterocycles. The van der Waals surface area contributed by atoms with Gasteiger partial charge < -0.3 is 24.4 Å². The van der Waals surface area contributed by atoms with Crippen LogP contribution in [0.2, 0.25) is 0 Å². The van der Waals surface area contributed by atoms with Crippen molar-refractivity contribution in [2.24, 2.45) is 0 Å². The summed E-state index contributed by atoms with van der Waals surface area (Å²) in [5.74, 6) is 0.812. The van der Waals surface area contributed by atoms with Gasteiger partial charge in [0.25, 0.3) is 0 Å². The minimum Gasteiger partial charge on any atom is -0.465 e. The molecule has 0 aliphatic carbocycles. The minimum atomic E-state index is -0.875. The maximum Gasteiger partial charge on any atom is 0.407 e. The molecule has 0 atom stereocenters. The summed E-state index contributed by atoms with van der Waals surface area (Å²) in [4.78, 5) is 22.7. The number of ether oxygens (including phenoxy) is 2. The molecule has 1 amide bonds. The second-order valence-electron chi connectivity index (χ2n) is 4.67. The number of carbonyl (C=O) groups is 1. The third kappa shape index (κ3) is 4.27. The van der Waals surface area contributed by atoms with Gasteiger partial charge in [0.05, 0.1) is 19.8 Å². The van der Waals surface area contributed by atoms with Crippen molar-refractivity contribution in [1.82, 2.24) is 14.9 Å². The first-order chi connectivity index (χ1) is 10.2. The Balaban J connectivity index is 1.95. The van der Waals surface area contributed by atoms with Crippen LogP contribution in [-0.4, -0.2) is 72.6 Å². The van der Waals surface area contributed by atoms with Crippen LogP contribution in [0.4, 0.5) is 10.6 Å². The number of methoxy groups -OCH3 is 1. The molecule has 8 nitrogen and oxygen atoms in total. The van der Waals surface area contributed by atoms with Gasteiger partial charge in [-0.15, -0.1) is 0 Å². The largest absolute Gasteiger partial charge is 0.465 e. The molecule has 0 aromatic carbocycles. The van der Waals surface area contributed by atoms with Crippen LogP contribution < -0.4 is 4.90 Å². The summed E-state index contributed by atoms with van der Waals surface area (Å²) in [5, 5.41) is 8.97. The summed E-state index contributed by atoms with van der Waals surface area (Å²) < 4.78 is 10.4. The van der Waals surface area contributed by atoms with E-state index in [0.717, 1.165) is 11.4 Å². The Morgan fingerprint density at radius 2 is 2.10 bits per heavy atom. The predicted octanol–water partition coefficient (Wildman–Crippen LogP) is 0.440. The van der Waals surface area contributed by atoms with E-state index in [1.54, 1.807) is 13.3 Å². The molecule has 0 saturated carbocycles. The van der Waals surface area contributed by atoms with Crippen molar-refractivity contribution in [2.75, 3.05) is 51.4 Å². The van der Waals surface area contributed by atoms with Gasteiger partial charge in [0.15, 0.2) is 0 Å². The Hall–Kier alpha value is -1.93. The van der Waals surface area contributed by atoms with Gasteiger partial charge in [0, 0.05) is 45.0 Å². The molecule has 0 radical (unpaired) electrons. The van der Waals surface area contributed by atoms with Crippen LogP contribution in [0.1, 0.15) is 5.56 Å². The highest BCUT2D eigenvalue weighted by Crippen LogP contribution is 2.19. The average Bonchev–Trinajstić information content (AvgIpc) is 2.52. The maximum absolute atomic E-state index is 10.9. The van der Waals surface area contributed by atoms with Crippen molar-refractivity contribution in [1.29, 1.82) is 0 Å². The van der Waals surface area contributed by atoms with Crippen LogP contribution in [0.3, 0.4) is 0 Å². The Labute approximate surface area is 123 Å². The van der Waals surface area contributed by atoms with Crippen LogP contribution >= 0.6 is 0 Å². The van der Waals surface area contributed by atoms with E-state index in [4.69, 9.17) is 14.6 Å². The van der Waals surface area contributed by atoms with Crippen molar-refractivity contribution >= 4 is 11.9 Å². The summed E-state index contributed by atoms with van der Waals surface area (Å²) >= 11 is 0. The fourth-order valence-electron chi connectivity index (χ4n) is 2.17. The zero-order chi connectivity index (χ0) is 15.1. The van der Waals surface area contributed by atoms with E-state index >= 15 is 0 Å². The quantitative estimate of drug-likeness (QED) is 0.762. The van der Waals surface area contributed by atoms with Crippen LogP contribution in [0, 0.1) is 0 Å². The molecule has 0 bridgehead atoms. The molecule has 1 aliphatic rings. The second kappa shape index (κ2) is 7.75. The topological polar surface area (TPSA) is 88.0 Å². The van der Waals surface area contributed by atoms with Gasteiger partial charge in [-0.25, -0.2) is 14.8 Å². The standard InChI is InChI=1S/C13H20N4O4/c1-20-6-7-21-9-11-8-14-10-15-12(11)16-2-4-17(5-3-16)13(18)19/h8,10H,2-7,9H2,1H3,(H,18,19). The molecule has 2 rings (SSSR count). The SMILES string of the molecule is COCCOCc1cncnc1N1CCN(C(=O)O)CC1. The predicted molar refractivity (Wildman–Crippen MR) is 75.4 cm³/mol. The molecule has 1 aromatic rings. The lowest BCUT2D eigenvalue weighted by atomic mass is 10.2. The van der Waals surface area contributed by atoms with Crippen molar-refractivity contribution in [3.8, 4) is 0 Å². The summed E-state index contributed by atoms with van der Waals surface area (Å²) in [6.45, 7) is 3.66. The van der Waals surface area contributed by atoms with E-state index in [1.165, 1.54) is 11.2 Å². The minimum absolute atomic E-state index is 0.415. The molecule has 0 spiro atoms. The molecule has 21 heavy (non-hydrogen) atoms. The summed E-state index contributed by atoms with van der Waals surface area (Å²) in [6, 6.07) is 0. The fourth-order valence-corrected chi connectivity index (χ4v) is 2.17. The van der Waals surface area contributed by atoms with Gasteiger partial charge in [0.1, 0.15) is 12.1 Å². The van der Waals surface area contributed by atoms with Crippen LogP contribution in [0.5, 0.6) is 0 Å². The van der Waals surface area contributed by atoms with Crippen molar-refractivity contribution < 1.29 is 19.4 Å². The zero-order valence-electron chi connectivity index (χ0n) is 12.1. The maximum atomic E-state index is 10.9. The van der Waals surface area contributed by atoms with Crippen LogP contribution in [0.15, 0.2) is 12.5 Å². The second-order valence-corrected chi connectivity index (χ2v) is 4.67. The fraction of sp³-hybridized carbons (Fsp3) is 0.615. The smallest absolute Gasteiger partial charge is 0.407 e. The van der Waals surface area contributed by atoms with E-state index in [9.17, 15) is 4.79 Å². The highest BCUT2D eigenvalue weighted by molar-refractivity contribution is 5.65. The molecule has 1 aliphatic heterocycles. The number of amides is 1. The molecule has 1 saturated heterocycles. The summed E-state index contributed by atoms with van der Waals surface area (Å²) in [7, 11) is 1.63. The molecule has 0 unspecified atom stereocenters. The van der Waals surface area contributed by atoms with E-state index < -0.39 is 6.09 Å². The van der Waals surface area contributed by atoms with E-state index in [0.29, 0.717) is 46.0 Å². The number of carboxylic acid groups (broad SMARTS) is 1. The van der Waals surface area contributed by atoms with Gasteiger partial charge in [0.2, 0.25) is 0 Å². The van der Waals surface area contributed by atoms with Gasteiger partial charge >= 0.3 is 6.09 Å². The molecule has 116 valence electrons. The Morgan fingerprint density at radius 1 is 1.33 bits per heavy atom. The first-order valence-corrected chi connectivity index (χ1v) is 6.80. The van der Waals surface area contributed by atoms with E-state index in [-0.39, 0.29) is 0 Å². The summed E-state index contributed by atoms with van der Waals surface area (Å²) in [6.07, 6.45) is 2.36. The Kier molecular flexibility index (Phi) is 5.70. The van der Waals surface area contributed by atoms with Gasteiger partial charge in [-0.05, 0) is 0 Å². The Bertz CT molecular complexity index is 463. The average molecular weight is 296 g/mol. The lowest BCUT2D eigenvalue weighted by molar-refractivity contribution is 0.0615. The van der Waals surface area contributed by atoms with E-state index in [1.807, 2.05) is 0 Å². The number of rotatable bonds is 6. The van der Waals surface area contributed by atoms with Crippen molar-refractivity contribution in [2.45, 2.75) is 6.61 Å². The lowest BCUT2D eigenvalue weighted by Crippen LogP contribution is -2.48. The number of aromatic nitrogens is 2. The van der Waals surface area contributed by atoms with Crippen LogP contribution in [0.25, 0.3) is 0 Å². The monoisotopic (exact) mass is 296 g/mol. The lowest BCUT2D eigenvalue weighted by Gasteiger charge is -2.34. The molecular weight excluding hydrogens is 276 g/mol. The van der Waals surface area contributed by atoms with E-state index in [2.05, 4.69) is 14.9 Å². The number of anilines is 1. The first-order valence-electron chi connectivity index (χ1n) is 6.80. The Morgan fingerprint density at radius 3 is 2.76 bits per heavy atom. The normalized spacial score (nSPS) is 15.3. The highest BCUT2D eigenvalue weighted by Gasteiger charge is 2.22. The van der Waals surface area contributed by atoms with Gasteiger partial charge in [-0.2, -0.15) is 0 Å². The number of piperazine rings is 1.